The molecule has 0 spiro atoms. The Morgan fingerprint density at radius 3 is 2.22 bits per heavy atom. The number of rotatable bonds is 31. The highest BCUT2D eigenvalue weighted by Crippen LogP contribution is 2.54. The minimum Gasteiger partial charge on any atom is -0.508 e. The van der Waals surface area contributed by atoms with Gasteiger partial charge in [0.05, 0.1) is 44.2 Å². The predicted octanol–water partition coefficient (Wildman–Crippen LogP) is 12.4. The van der Waals surface area contributed by atoms with Crippen molar-refractivity contribution in [1.29, 1.82) is 5.26 Å². The molecular weight excluding hydrogens is 923 g/mol. The second-order valence-electron chi connectivity index (χ2n) is 18.3. The van der Waals surface area contributed by atoms with Crippen LogP contribution >= 0.6 is 19.4 Å². The molecule has 2 aromatic carbocycles. The molecule has 2 fully saturated rings. The smallest absolute Gasteiger partial charge is 0.508 e. The molecule has 4 aromatic rings. The third kappa shape index (κ3) is 14.6. The lowest BCUT2D eigenvalue weighted by molar-refractivity contribution is -0.204. The van der Waals surface area contributed by atoms with Crippen LogP contribution in [-0.2, 0) is 38.2 Å². The largest absolute Gasteiger partial charge is 0.530 e. The van der Waals surface area contributed by atoms with Gasteiger partial charge in [-0.05, 0) is 63.1 Å². The molecule has 2 aliphatic rings. The molecule has 0 aliphatic carbocycles. The van der Waals surface area contributed by atoms with E-state index < -0.39 is 50.2 Å². The Hall–Kier alpha value is -4.48. The Morgan fingerprint density at radius 2 is 1.58 bits per heavy atom. The van der Waals surface area contributed by atoms with Crippen molar-refractivity contribution in [2.45, 2.75) is 166 Å². The lowest BCUT2D eigenvalue weighted by Crippen LogP contribution is -2.40. The topological polar surface area (TPSA) is 184 Å². The zero-order valence-corrected chi connectivity index (χ0v) is 42.5. The molecule has 69 heavy (non-hydrogen) atoms. The predicted molar refractivity (Wildman–Crippen MR) is 264 cm³/mol. The number of unbranched alkanes of at least 4 members (excludes halogenated alkanes) is 15. The highest BCUT2D eigenvalue weighted by atomic mass is 35.5. The summed E-state index contributed by atoms with van der Waals surface area (Å²) in [6, 6.07) is 15.5. The number of nitriles is 1. The molecule has 18 heteroatoms. The van der Waals surface area contributed by atoms with Gasteiger partial charge in [0.2, 0.25) is 11.3 Å². The molecule has 0 saturated carbocycles. The van der Waals surface area contributed by atoms with E-state index in [-0.39, 0.29) is 29.8 Å². The number of hydrogen-bond donors (Lipinski definition) is 1. The first-order valence-corrected chi connectivity index (χ1v) is 26.4. The van der Waals surface area contributed by atoms with Gasteiger partial charge in [-0.25, -0.2) is 18.9 Å². The van der Waals surface area contributed by atoms with Gasteiger partial charge in [0.1, 0.15) is 59.6 Å². The SMILES string of the molecule is [C-]#[N+]c1c(C)cc(O[C@H](COCCCCCCCCCCCCCCCCCC)COP(=O)(OC[C@H]2O[C@@](C#N)(c3ccc4c(N)ncnn34)[C@@H]3OC(C)(C)O[C@@H]32)Oc2ccccc2Cl)cc1OC. The quantitative estimate of drug-likeness (QED) is 0.0285. The van der Waals surface area contributed by atoms with Crippen LogP contribution in [-0.4, -0.2) is 78.3 Å². The van der Waals surface area contributed by atoms with Crippen molar-refractivity contribution in [3.05, 3.63) is 82.6 Å². The number of aromatic nitrogens is 3. The number of benzene rings is 2. The fourth-order valence-electron chi connectivity index (χ4n) is 8.89. The molecule has 1 unspecified atom stereocenters. The molecule has 2 aromatic heterocycles. The number of aryl methyl sites for hydroxylation is 1. The van der Waals surface area contributed by atoms with Crippen LogP contribution in [0.5, 0.6) is 17.2 Å². The summed E-state index contributed by atoms with van der Waals surface area (Å²) in [5, 5.41) is 15.4. The lowest BCUT2D eigenvalue weighted by atomic mass is 9.92. The van der Waals surface area contributed by atoms with Gasteiger partial charge in [-0.1, -0.05) is 127 Å². The number of ether oxygens (including phenoxy) is 6. The molecule has 4 heterocycles. The average molecular weight is 994 g/mol. The van der Waals surface area contributed by atoms with Crippen LogP contribution in [0.2, 0.25) is 5.02 Å². The summed E-state index contributed by atoms with van der Waals surface area (Å²) in [6.45, 7) is 15.0. The summed E-state index contributed by atoms with van der Waals surface area (Å²) >= 11 is 6.51. The van der Waals surface area contributed by atoms with Crippen molar-refractivity contribution in [3.63, 3.8) is 0 Å². The van der Waals surface area contributed by atoms with Crippen molar-refractivity contribution in [2.75, 3.05) is 39.3 Å². The van der Waals surface area contributed by atoms with Crippen molar-refractivity contribution in [2.24, 2.45) is 0 Å². The van der Waals surface area contributed by atoms with Crippen molar-refractivity contribution >= 4 is 36.4 Å². The van der Waals surface area contributed by atoms with Gasteiger partial charge in [0, 0.05) is 12.7 Å². The molecule has 2 aliphatic heterocycles. The maximum atomic E-state index is 14.9. The van der Waals surface area contributed by atoms with Crippen LogP contribution in [0.15, 0.2) is 54.9 Å². The van der Waals surface area contributed by atoms with Crippen LogP contribution in [0.25, 0.3) is 10.4 Å². The van der Waals surface area contributed by atoms with E-state index in [4.69, 9.17) is 65.9 Å². The van der Waals surface area contributed by atoms with E-state index >= 15 is 0 Å². The Balaban J connectivity index is 1.09. The first-order chi connectivity index (χ1) is 33.4. The Bertz CT molecular complexity index is 2390. The molecule has 6 rings (SSSR count). The molecule has 0 amide bonds. The molecule has 0 radical (unpaired) electrons. The van der Waals surface area contributed by atoms with Crippen LogP contribution < -0.4 is 19.7 Å². The van der Waals surface area contributed by atoms with E-state index in [0.717, 1.165) is 19.3 Å². The normalized spacial score (nSPS) is 20.8. The minimum absolute atomic E-state index is 0.0462. The molecule has 2 N–H and O–H groups in total. The summed E-state index contributed by atoms with van der Waals surface area (Å²) in [5.74, 6) is -0.133. The number of methoxy groups -OCH3 is 1. The van der Waals surface area contributed by atoms with Gasteiger partial charge in [0.15, 0.2) is 11.6 Å². The summed E-state index contributed by atoms with van der Waals surface area (Å²) in [6.07, 6.45) is 17.9. The van der Waals surface area contributed by atoms with E-state index in [1.54, 1.807) is 63.2 Å². The fourth-order valence-corrected chi connectivity index (χ4v) is 10.4. The second kappa shape index (κ2) is 26.1. The number of hydrogen-bond acceptors (Lipinski definition) is 14. The number of nitrogens with two attached hydrogens (primary N) is 1. The molecule has 2 saturated heterocycles. The number of nitrogen functional groups attached to an aromatic ring is 1. The van der Waals surface area contributed by atoms with Gasteiger partial charge < -0.3 is 38.7 Å². The molecule has 16 nitrogen and oxygen atoms in total. The zero-order chi connectivity index (χ0) is 49.3. The van der Waals surface area contributed by atoms with Gasteiger partial charge in [0.25, 0.3) is 0 Å². The number of anilines is 1. The molecule has 6 atom stereocenters. The number of phosphoric ester groups is 1. The van der Waals surface area contributed by atoms with Gasteiger partial charge in [-0.2, -0.15) is 10.4 Å². The monoisotopic (exact) mass is 992 g/mol. The van der Waals surface area contributed by atoms with Crippen molar-refractivity contribution in [1.82, 2.24) is 14.6 Å². The average Bonchev–Trinajstić information content (AvgIpc) is 4.00. The summed E-state index contributed by atoms with van der Waals surface area (Å²) in [5.41, 5.74) is 6.19. The maximum absolute atomic E-state index is 14.9. The van der Waals surface area contributed by atoms with Gasteiger partial charge >= 0.3 is 7.82 Å². The zero-order valence-electron chi connectivity index (χ0n) is 40.9. The maximum Gasteiger partial charge on any atom is 0.530 e. The van der Waals surface area contributed by atoms with E-state index in [0.29, 0.717) is 40.6 Å². The van der Waals surface area contributed by atoms with E-state index in [1.165, 1.54) is 107 Å². The Kier molecular flexibility index (Phi) is 20.4. The third-order valence-electron chi connectivity index (χ3n) is 12.4. The summed E-state index contributed by atoms with van der Waals surface area (Å²) in [7, 11) is -3.12. The number of para-hydroxylation sites is 1. The fraction of sp³-hybridized carbons (Fsp3) is 0.608. The molecular formula is C51H70ClN6O10P. The van der Waals surface area contributed by atoms with E-state index in [9.17, 15) is 9.83 Å². The number of halogens is 1. The van der Waals surface area contributed by atoms with E-state index in [2.05, 4.69) is 27.9 Å². The standard InChI is InChI=1S/C51H70ClN6O10P/c1-7-8-9-10-11-12-13-14-15-16-17-18-19-20-21-24-29-61-32-39(64-38-30-37(2)46(55-5)43(31-38)60-6)33-62-69(59,68-42-26-23-22-25-40(42)52)63-34-44-47-48(67-50(3,4)66-47)51(35-53,65-44)45-28-27-41-49(54)56-36-57-58(41)45/h22-23,25-28,30-31,36,39,44,47-48H,7-21,24,29,32-34H2,1-4,6H3,(H2,54,56,57)/t39-,44-,47-,48-,51+,69?/m1/s1. The van der Waals surface area contributed by atoms with Crippen LogP contribution in [0, 0.1) is 24.8 Å². The highest BCUT2D eigenvalue weighted by Gasteiger charge is 2.65. The van der Waals surface area contributed by atoms with Crippen LogP contribution in [0.3, 0.4) is 0 Å². The lowest BCUT2D eigenvalue weighted by Gasteiger charge is -2.29. The number of phosphoric acid groups is 1. The third-order valence-corrected chi connectivity index (χ3v) is 14.1. The molecule has 0 bridgehead atoms. The van der Waals surface area contributed by atoms with Gasteiger partial charge in [-0.3, -0.25) is 9.05 Å². The summed E-state index contributed by atoms with van der Waals surface area (Å²) in [4.78, 5) is 7.68. The van der Waals surface area contributed by atoms with E-state index in [1.807, 2.05) is 0 Å². The Labute approximate surface area is 412 Å². The van der Waals surface area contributed by atoms with Crippen molar-refractivity contribution in [3.8, 4) is 23.3 Å². The first kappa shape index (κ1) is 53.9. The molecule has 376 valence electrons. The second-order valence-corrected chi connectivity index (χ2v) is 20.3. The van der Waals surface area contributed by atoms with Gasteiger partial charge in [-0.15, -0.1) is 0 Å². The van der Waals surface area contributed by atoms with Crippen LogP contribution in [0.4, 0.5) is 11.5 Å². The number of nitrogens with zero attached hydrogens (tertiary/aromatic N) is 5. The van der Waals surface area contributed by atoms with Crippen LogP contribution in [0.1, 0.15) is 135 Å². The highest BCUT2D eigenvalue weighted by molar-refractivity contribution is 7.49. The van der Waals surface area contributed by atoms with Crippen molar-refractivity contribution < 1.29 is 46.6 Å². The number of fused-ring (bicyclic) bond motifs is 2. The summed E-state index contributed by atoms with van der Waals surface area (Å²) < 4.78 is 71.9. The first-order valence-electron chi connectivity index (χ1n) is 24.5. The minimum atomic E-state index is -4.61. The Morgan fingerprint density at radius 1 is 0.913 bits per heavy atom.